The highest BCUT2D eigenvalue weighted by Crippen LogP contribution is 2.38. The Bertz CT molecular complexity index is 990. The maximum Gasteiger partial charge on any atom is 0.175 e. The highest BCUT2D eigenvalue weighted by atomic mass is 79.9. The van der Waals surface area contributed by atoms with Gasteiger partial charge in [0, 0.05) is 17.3 Å². The number of hydrogen-bond donors (Lipinski definition) is 2. The van der Waals surface area contributed by atoms with Crippen molar-refractivity contribution in [2.75, 3.05) is 12.4 Å². The van der Waals surface area contributed by atoms with Crippen LogP contribution in [-0.2, 0) is 13.2 Å². The molecule has 29 heavy (non-hydrogen) atoms. The molecule has 0 aliphatic heterocycles. The molecule has 3 aromatic carbocycles. The van der Waals surface area contributed by atoms with Crippen LogP contribution in [0.2, 0.25) is 15.1 Å². The monoisotopic (exact) mass is 515 g/mol. The van der Waals surface area contributed by atoms with Crippen molar-refractivity contribution < 1.29 is 14.6 Å². The molecule has 0 saturated carbocycles. The van der Waals surface area contributed by atoms with Gasteiger partial charge in [0.2, 0.25) is 0 Å². The minimum Gasteiger partial charge on any atom is -0.505 e. The number of phenols is 1. The number of nitrogens with one attached hydrogen (secondary N) is 1. The van der Waals surface area contributed by atoms with Gasteiger partial charge in [0.1, 0.15) is 6.61 Å². The van der Waals surface area contributed by atoms with Gasteiger partial charge in [-0.2, -0.15) is 0 Å². The number of ether oxygens (including phenoxy) is 2. The molecule has 0 unspecified atom stereocenters. The first-order chi connectivity index (χ1) is 13.9. The zero-order valence-corrected chi connectivity index (χ0v) is 19.2. The second kappa shape index (κ2) is 9.81. The number of benzene rings is 3. The third-order valence-corrected chi connectivity index (χ3v) is 5.52. The Kier molecular flexibility index (Phi) is 7.41. The molecule has 0 radical (unpaired) electrons. The molecule has 0 atom stereocenters. The number of hydrogen-bond acceptors (Lipinski definition) is 4. The van der Waals surface area contributed by atoms with Gasteiger partial charge in [-0.1, -0.05) is 46.9 Å². The third kappa shape index (κ3) is 5.64. The summed E-state index contributed by atoms with van der Waals surface area (Å²) in [5.74, 6) is 1.08. The van der Waals surface area contributed by atoms with Crippen molar-refractivity contribution in [1.29, 1.82) is 0 Å². The minimum atomic E-state index is -0.134. The molecule has 0 aliphatic rings. The van der Waals surface area contributed by atoms with Crippen molar-refractivity contribution >= 4 is 56.4 Å². The molecule has 3 rings (SSSR count). The van der Waals surface area contributed by atoms with Crippen LogP contribution in [-0.4, -0.2) is 12.2 Å². The molecule has 0 aliphatic carbocycles. The van der Waals surface area contributed by atoms with Gasteiger partial charge in [-0.25, -0.2) is 0 Å². The van der Waals surface area contributed by atoms with Crippen LogP contribution in [0.5, 0.6) is 17.2 Å². The lowest BCUT2D eigenvalue weighted by Gasteiger charge is -2.15. The third-order valence-electron chi connectivity index (χ3n) is 4.10. The van der Waals surface area contributed by atoms with Gasteiger partial charge in [-0.15, -0.1) is 0 Å². The number of phenolic OH excluding ortho intramolecular Hbond substituents is 1. The summed E-state index contributed by atoms with van der Waals surface area (Å²) in [4.78, 5) is 0. The number of anilines is 1. The Hall–Kier alpha value is -1.79. The molecule has 152 valence electrons. The fraction of sp³-hybridized carbons (Fsp3) is 0.143. The standard InChI is InChI=1S/C21H17BrCl3NO3/c1-28-19-7-13(10-26-15-8-17(24)20(27)18(25)9-15)6-16(22)21(19)29-11-12-2-4-14(23)5-3-12/h2-9,26-27H,10-11H2,1H3. The topological polar surface area (TPSA) is 50.7 Å². The fourth-order valence-electron chi connectivity index (χ4n) is 2.62. The average molecular weight is 518 g/mol. The van der Waals surface area contributed by atoms with Gasteiger partial charge < -0.3 is 19.9 Å². The largest absolute Gasteiger partial charge is 0.505 e. The van der Waals surface area contributed by atoms with Crippen LogP contribution in [0, 0.1) is 0 Å². The Balaban J connectivity index is 1.73. The summed E-state index contributed by atoms with van der Waals surface area (Å²) in [6, 6.07) is 14.5. The zero-order chi connectivity index (χ0) is 21.0. The van der Waals surface area contributed by atoms with Crippen molar-refractivity contribution in [3.8, 4) is 17.2 Å². The Labute approximate surface area is 192 Å². The first-order valence-corrected chi connectivity index (χ1v) is 10.5. The van der Waals surface area contributed by atoms with Crippen molar-refractivity contribution in [2.24, 2.45) is 0 Å². The predicted molar refractivity (Wildman–Crippen MR) is 122 cm³/mol. The first kappa shape index (κ1) is 21.9. The molecule has 3 aromatic rings. The summed E-state index contributed by atoms with van der Waals surface area (Å²) in [5.41, 5.74) is 2.64. The number of methoxy groups -OCH3 is 1. The quantitative estimate of drug-likeness (QED) is 0.323. The lowest BCUT2D eigenvalue weighted by Crippen LogP contribution is -2.03. The van der Waals surface area contributed by atoms with Gasteiger partial charge in [0.25, 0.3) is 0 Å². The maximum atomic E-state index is 9.66. The SMILES string of the molecule is COc1cc(CNc2cc(Cl)c(O)c(Cl)c2)cc(Br)c1OCc1ccc(Cl)cc1. The first-order valence-electron chi connectivity index (χ1n) is 8.53. The normalized spacial score (nSPS) is 10.7. The number of aromatic hydroxyl groups is 1. The summed E-state index contributed by atoms with van der Waals surface area (Å²) >= 11 is 21.4. The van der Waals surface area contributed by atoms with E-state index in [1.165, 1.54) is 0 Å². The summed E-state index contributed by atoms with van der Waals surface area (Å²) in [6.07, 6.45) is 0. The minimum absolute atomic E-state index is 0.134. The zero-order valence-electron chi connectivity index (χ0n) is 15.3. The summed E-state index contributed by atoms with van der Waals surface area (Å²) < 4.78 is 12.2. The van der Waals surface area contributed by atoms with Crippen LogP contribution >= 0.6 is 50.7 Å². The van der Waals surface area contributed by atoms with Gasteiger partial charge in [0.05, 0.1) is 21.6 Å². The number of halogens is 4. The van der Waals surface area contributed by atoms with E-state index in [1.54, 1.807) is 19.2 Å². The van der Waals surface area contributed by atoms with Crippen LogP contribution in [0.4, 0.5) is 5.69 Å². The average Bonchev–Trinajstić information content (AvgIpc) is 2.70. The fourth-order valence-corrected chi connectivity index (χ4v) is 3.84. The van der Waals surface area contributed by atoms with Crippen LogP contribution in [0.3, 0.4) is 0 Å². The van der Waals surface area contributed by atoms with E-state index in [2.05, 4.69) is 21.2 Å². The lowest BCUT2D eigenvalue weighted by molar-refractivity contribution is 0.282. The molecule has 0 aromatic heterocycles. The molecule has 0 bridgehead atoms. The van der Waals surface area contributed by atoms with E-state index in [0.29, 0.717) is 35.4 Å². The van der Waals surface area contributed by atoms with Crippen LogP contribution in [0.15, 0.2) is 53.0 Å². The van der Waals surface area contributed by atoms with Crippen molar-refractivity contribution in [2.45, 2.75) is 13.2 Å². The summed E-state index contributed by atoms with van der Waals surface area (Å²) in [5, 5.41) is 13.9. The smallest absolute Gasteiger partial charge is 0.175 e. The molecular formula is C21H17BrCl3NO3. The van der Waals surface area contributed by atoms with Crippen molar-refractivity contribution in [3.05, 3.63) is 79.2 Å². The molecule has 0 heterocycles. The maximum absolute atomic E-state index is 9.66. The van der Waals surface area contributed by atoms with E-state index < -0.39 is 0 Å². The Morgan fingerprint density at radius 2 is 1.62 bits per heavy atom. The van der Waals surface area contributed by atoms with E-state index in [-0.39, 0.29) is 15.8 Å². The summed E-state index contributed by atoms with van der Waals surface area (Å²) in [6.45, 7) is 0.873. The van der Waals surface area contributed by atoms with Gasteiger partial charge in [-0.05, 0) is 63.5 Å². The molecule has 0 saturated heterocycles. The van der Waals surface area contributed by atoms with Crippen molar-refractivity contribution in [1.82, 2.24) is 0 Å². The molecule has 0 amide bonds. The van der Waals surface area contributed by atoms with E-state index in [0.717, 1.165) is 15.6 Å². The van der Waals surface area contributed by atoms with Gasteiger partial charge in [0.15, 0.2) is 17.2 Å². The molecule has 2 N–H and O–H groups in total. The highest BCUT2D eigenvalue weighted by Gasteiger charge is 2.13. The van der Waals surface area contributed by atoms with E-state index >= 15 is 0 Å². The van der Waals surface area contributed by atoms with Crippen molar-refractivity contribution in [3.63, 3.8) is 0 Å². The van der Waals surface area contributed by atoms with E-state index in [9.17, 15) is 5.11 Å². The Morgan fingerprint density at radius 1 is 0.966 bits per heavy atom. The molecular weight excluding hydrogens is 500 g/mol. The van der Waals surface area contributed by atoms with Crippen LogP contribution in [0.25, 0.3) is 0 Å². The lowest BCUT2D eigenvalue weighted by atomic mass is 10.2. The molecule has 0 spiro atoms. The predicted octanol–water partition coefficient (Wildman–Crippen LogP) is 7.31. The van der Waals surface area contributed by atoms with Gasteiger partial charge >= 0.3 is 0 Å². The number of rotatable bonds is 7. The van der Waals surface area contributed by atoms with Crippen LogP contribution in [0.1, 0.15) is 11.1 Å². The molecule has 8 heteroatoms. The molecule has 4 nitrogen and oxygen atoms in total. The van der Waals surface area contributed by atoms with Crippen LogP contribution < -0.4 is 14.8 Å². The van der Waals surface area contributed by atoms with E-state index in [4.69, 9.17) is 44.3 Å². The summed E-state index contributed by atoms with van der Waals surface area (Å²) in [7, 11) is 1.59. The second-order valence-electron chi connectivity index (χ2n) is 6.17. The van der Waals surface area contributed by atoms with E-state index in [1.807, 2.05) is 36.4 Å². The van der Waals surface area contributed by atoms with Gasteiger partial charge in [-0.3, -0.25) is 0 Å². The second-order valence-corrected chi connectivity index (χ2v) is 8.27. The highest BCUT2D eigenvalue weighted by molar-refractivity contribution is 9.10. The molecule has 0 fully saturated rings. The Morgan fingerprint density at radius 3 is 2.24 bits per heavy atom.